The fraction of sp³-hybridized carbons (Fsp3) is 0.500. The predicted molar refractivity (Wildman–Crippen MR) is 81.3 cm³/mol. The zero-order valence-corrected chi connectivity index (χ0v) is 13.4. The molecule has 0 N–H and O–H groups in total. The minimum Gasteiger partial charge on any atom is -0.347 e. The number of sulfonamides is 1. The number of aryl methyl sites for hydroxylation is 1. The summed E-state index contributed by atoms with van der Waals surface area (Å²) in [5.41, 5.74) is 1.55. The van der Waals surface area contributed by atoms with Gasteiger partial charge < -0.3 is 4.90 Å². The Labute approximate surface area is 121 Å². The highest BCUT2D eigenvalue weighted by Gasteiger charge is 2.32. The maximum atomic E-state index is 12.2. The van der Waals surface area contributed by atoms with E-state index in [1.807, 2.05) is 19.1 Å². The number of carbonyl (C=O) groups excluding carboxylic acids is 1. The first kappa shape index (κ1) is 16.5. The number of anilines is 1. The second-order valence-corrected chi connectivity index (χ2v) is 6.91. The van der Waals surface area contributed by atoms with E-state index in [0.29, 0.717) is 12.1 Å². The van der Waals surface area contributed by atoms with Crippen LogP contribution in [0.1, 0.15) is 18.9 Å². The topological polar surface area (TPSA) is 57.7 Å². The molecule has 0 fully saturated rings. The van der Waals surface area contributed by atoms with Crippen LogP contribution in [0.2, 0.25) is 0 Å². The second-order valence-electron chi connectivity index (χ2n) is 5.05. The standard InChI is InChI=1S/C14H22N2O3S/c1-6-13(14(17)15(3)4)16(20(5,18)19)12-9-7-11(2)8-10-12/h7-10,13H,6H2,1-5H3/t13-/m0/s1. The van der Waals surface area contributed by atoms with Crippen molar-refractivity contribution in [3.8, 4) is 0 Å². The Morgan fingerprint density at radius 2 is 1.70 bits per heavy atom. The highest BCUT2D eigenvalue weighted by atomic mass is 32.2. The van der Waals surface area contributed by atoms with Crippen LogP contribution in [0.5, 0.6) is 0 Å². The van der Waals surface area contributed by atoms with E-state index in [2.05, 4.69) is 0 Å². The quantitative estimate of drug-likeness (QED) is 0.830. The Hall–Kier alpha value is -1.56. The molecule has 0 unspecified atom stereocenters. The fourth-order valence-electron chi connectivity index (χ4n) is 2.03. The van der Waals surface area contributed by atoms with Crippen LogP contribution in [-0.4, -0.2) is 45.6 Å². The van der Waals surface area contributed by atoms with Gasteiger partial charge in [0.15, 0.2) is 0 Å². The van der Waals surface area contributed by atoms with E-state index in [-0.39, 0.29) is 5.91 Å². The summed E-state index contributed by atoms with van der Waals surface area (Å²) in [4.78, 5) is 13.6. The number of benzene rings is 1. The maximum Gasteiger partial charge on any atom is 0.245 e. The molecule has 0 aliphatic carbocycles. The Morgan fingerprint density at radius 1 is 1.20 bits per heavy atom. The van der Waals surface area contributed by atoms with E-state index in [1.54, 1.807) is 33.2 Å². The van der Waals surface area contributed by atoms with Gasteiger partial charge in [-0.3, -0.25) is 9.10 Å². The molecular weight excluding hydrogens is 276 g/mol. The molecule has 0 spiro atoms. The molecule has 1 atom stereocenters. The molecule has 20 heavy (non-hydrogen) atoms. The fourth-order valence-corrected chi connectivity index (χ4v) is 3.24. The molecule has 0 aliphatic heterocycles. The molecule has 1 rings (SSSR count). The zero-order valence-electron chi connectivity index (χ0n) is 12.6. The molecule has 0 bridgehead atoms. The van der Waals surface area contributed by atoms with Gasteiger partial charge in [-0.05, 0) is 25.5 Å². The molecule has 1 aromatic rings. The van der Waals surface area contributed by atoms with Crippen molar-refractivity contribution in [3.63, 3.8) is 0 Å². The number of hydrogen-bond donors (Lipinski definition) is 0. The first-order chi connectivity index (χ1) is 9.18. The highest BCUT2D eigenvalue weighted by Crippen LogP contribution is 2.23. The van der Waals surface area contributed by atoms with Gasteiger partial charge in [0.2, 0.25) is 15.9 Å². The molecule has 0 saturated carbocycles. The highest BCUT2D eigenvalue weighted by molar-refractivity contribution is 7.92. The van der Waals surface area contributed by atoms with Crippen LogP contribution >= 0.6 is 0 Å². The minimum absolute atomic E-state index is 0.224. The van der Waals surface area contributed by atoms with E-state index in [4.69, 9.17) is 0 Å². The first-order valence-corrected chi connectivity index (χ1v) is 8.30. The summed E-state index contributed by atoms with van der Waals surface area (Å²) < 4.78 is 25.4. The monoisotopic (exact) mass is 298 g/mol. The van der Waals surface area contributed by atoms with Gasteiger partial charge in [0.1, 0.15) is 6.04 Å². The van der Waals surface area contributed by atoms with Crippen LogP contribution in [0.25, 0.3) is 0 Å². The lowest BCUT2D eigenvalue weighted by atomic mass is 10.1. The summed E-state index contributed by atoms with van der Waals surface area (Å²) in [7, 11) is -0.284. The number of rotatable bonds is 5. The lowest BCUT2D eigenvalue weighted by Gasteiger charge is -2.31. The largest absolute Gasteiger partial charge is 0.347 e. The molecule has 0 saturated heterocycles. The first-order valence-electron chi connectivity index (χ1n) is 6.45. The van der Waals surface area contributed by atoms with Crippen LogP contribution in [0.15, 0.2) is 24.3 Å². The van der Waals surface area contributed by atoms with Crippen molar-refractivity contribution in [3.05, 3.63) is 29.8 Å². The van der Waals surface area contributed by atoms with Crippen molar-refractivity contribution in [2.75, 3.05) is 24.7 Å². The third-order valence-corrected chi connectivity index (χ3v) is 4.22. The molecule has 112 valence electrons. The molecular formula is C14H22N2O3S. The zero-order chi connectivity index (χ0) is 15.5. The molecule has 1 amide bonds. The number of hydrogen-bond acceptors (Lipinski definition) is 3. The Bertz CT molecular complexity index is 565. The van der Waals surface area contributed by atoms with Gasteiger partial charge in [0, 0.05) is 14.1 Å². The summed E-state index contributed by atoms with van der Waals surface area (Å²) in [5, 5.41) is 0. The molecule has 0 heterocycles. The third-order valence-electron chi connectivity index (χ3n) is 3.04. The lowest BCUT2D eigenvalue weighted by Crippen LogP contribution is -2.48. The Morgan fingerprint density at radius 3 is 2.05 bits per heavy atom. The van der Waals surface area contributed by atoms with Gasteiger partial charge in [0.05, 0.1) is 11.9 Å². The second kappa shape index (κ2) is 6.26. The third kappa shape index (κ3) is 3.72. The minimum atomic E-state index is -3.53. The van der Waals surface area contributed by atoms with E-state index in [9.17, 15) is 13.2 Å². The van der Waals surface area contributed by atoms with E-state index < -0.39 is 16.1 Å². The van der Waals surface area contributed by atoms with Crippen LogP contribution < -0.4 is 4.31 Å². The SMILES string of the molecule is CC[C@@H](C(=O)N(C)C)N(c1ccc(C)cc1)S(C)(=O)=O. The van der Waals surface area contributed by atoms with Crippen molar-refractivity contribution in [1.29, 1.82) is 0 Å². The summed E-state index contributed by atoms with van der Waals surface area (Å²) in [6, 6.07) is 6.40. The summed E-state index contributed by atoms with van der Waals surface area (Å²) >= 11 is 0. The van der Waals surface area contributed by atoms with Crippen molar-refractivity contribution < 1.29 is 13.2 Å². The van der Waals surface area contributed by atoms with E-state index in [0.717, 1.165) is 11.8 Å². The molecule has 6 heteroatoms. The van der Waals surface area contributed by atoms with Crippen molar-refractivity contribution in [2.45, 2.75) is 26.3 Å². The Balaban J connectivity index is 3.32. The smallest absolute Gasteiger partial charge is 0.245 e. The van der Waals surface area contributed by atoms with Gasteiger partial charge in [-0.1, -0.05) is 24.6 Å². The van der Waals surface area contributed by atoms with Gasteiger partial charge >= 0.3 is 0 Å². The number of nitrogens with zero attached hydrogens (tertiary/aromatic N) is 2. The molecule has 1 aromatic carbocycles. The normalized spacial score (nSPS) is 12.8. The van der Waals surface area contributed by atoms with Crippen LogP contribution in [0.3, 0.4) is 0 Å². The van der Waals surface area contributed by atoms with Gasteiger partial charge in [-0.25, -0.2) is 8.42 Å². The van der Waals surface area contributed by atoms with Crippen LogP contribution in [-0.2, 0) is 14.8 Å². The van der Waals surface area contributed by atoms with Crippen LogP contribution in [0.4, 0.5) is 5.69 Å². The Kier molecular flexibility index (Phi) is 5.16. The van der Waals surface area contributed by atoms with E-state index >= 15 is 0 Å². The summed E-state index contributed by atoms with van der Waals surface area (Å²) in [6.07, 6.45) is 1.54. The lowest BCUT2D eigenvalue weighted by molar-refractivity contribution is -0.129. The summed E-state index contributed by atoms with van der Waals surface area (Å²) in [5.74, 6) is -0.224. The summed E-state index contributed by atoms with van der Waals surface area (Å²) in [6.45, 7) is 3.73. The number of amides is 1. The maximum absolute atomic E-state index is 12.2. The van der Waals surface area contributed by atoms with Gasteiger partial charge in [-0.15, -0.1) is 0 Å². The van der Waals surface area contributed by atoms with Gasteiger partial charge in [-0.2, -0.15) is 0 Å². The number of carbonyl (C=O) groups is 1. The molecule has 0 radical (unpaired) electrons. The van der Waals surface area contributed by atoms with Crippen molar-refractivity contribution >= 4 is 21.6 Å². The van der Waals surface area contributed by atoms with Gasteiger partial charge in [0.25, 0.3) is 0 Å². The predicted octanol–water partition coefficient (Wildman–Crippen LogP) is 1.63. The average molecular weight is 298 g/mol. The molecule has 5 nitrogen and oxygen atoms in total. The average Bonchev–Trinajstić information content (AvgIpc) is 2.35. The van der Waals surface area contributed by atoms with Crippen molar-refractivity contribution in [1.82, 2.24) is 4.90 Å². The number of likely N-dealkylation sites (N-methyl/N-ethyl adjacent to an activating group) is 1. The molecule has 0 aliphatic rings. The molecule has 0 aromatic heterocycles. The van der Waals surface area contributed by atoms with Crippen molar-refractivity contribution in [2.24, 2.45) is 0 Å². The van der Waals surface area contributed by atoms with Crippen LogP contribution in [0, 0.1) is 6.92 Å². The van der Waals surface area contributed by atoms with E-state index in [1.165, 1.54) is 9.21 Å².